The van der Waals surface area contributed by atoms with Crippen LogP contribution < -0.4 is 5.32 Å². The molecule has 4 nitrogen and oxygen atoms in total. The zero-order valence-corrected chi connectivity index (χ0v) is 12.5. The lowest BCUT2D eigenvalue weighted by molar-refractivity contribution is 0.680. The molecule has 0 spiro atoms. The molecule has 1 N–H and O–H groups in total. The summed E-state index contributed by atoms with van der Waals surface area (Å²) in [4.78, 5) is 5.89. The van der Waals surface area contributed by atoms with Crippen molar-refractivity contribution in [3.8, 4) is 0 Å². The third kappa shape index (κ3) is 2.54. The zero-order chi connectivity index (χ0) is 13.9. The molecule has 0 aliphatic heterocycles. The standard InChI is InChI=1S/C15H18N4S/c1-3-6-12(13-8-5-10-20-13)16-15-17-14-9-4-7-11(2)19(14)18-15/h4-5,7-10,12H,3,6H2,1-2H3,(H,16,18). The maximum atomic E-state index is 4.55. The molecule has 5 heteroatoms. The highest BCUT2D eigenvalue weighted by Gasteiger charge is 2.14. The first-order chi connectivity index (χ1) is 9.78. The summed E-state index contributed by atoms with van der Waals surface area (Å²) in [6.07, 6.45) is 2.21. The van der Waals surface area contributed by atoms with Crippen molar-refractivity contribution in [1.29, 1.82) is 0 Å². The molecule has 0 radical (unpaired) electrons. The number of fused-ring (bicyclic) bond motifs is 1. The highest BCUT2D eigenvalue weighted by Crippen LogP contribution is 2.26. The molecule has 0 fully saturated rings. The summed E-state index contributed by atoms with van der Waals surface area (Å²) in [5.41, 5.74) is 1.97. The van der Waals surface area contributed by atoms with Crippen molar-refractivity contribution in [2.75, 3.05) is 5.32 Å². The minimum Gasteiger partial charge on any atom is -0.345 e. The second-order valence-corrected chi connectivity index (χ2v) is 5.85. The van der Waals surface area contributed by atoms with E-state index in [9.17, 15) is 0 Å². The van der Waals surface area contributed by atoms with Gasteiger partial charge in [0.25, 0.3) is 0 Å². The molecular weight excluding hydrogens is 268 g/mol. The van der Waals surface area contributed by atoms with Crippen LogP contribution in [0.4, 0.5) is 5.95 Å². The van der Waals surface area contributed by atoms with Crippen LogP contribution in [-0.4, -0.2) is 14.6 Å². The third-order valence-corrected chi connectivity index (χ3v) is 4.30. The molecule has 0 aliphatic rings. The van der Waals surface area contributed by atoms with Crippen molar-refractivity contribution < 1.29 is 0 Å². The van der Waals surface area contributed by atoms with Gasteiger partial charge in [0, 0.05) is 10.6 Å². The smallest absolute Gasteiger partial charge is 0.243 e. The molecule has 3 rings (SSSR count). The van der Waals surface area contributed by atoms with E-state index in [1.54, 1.807) is 11.3 Å². The van der Waals surface area contributed by atoms with Gasteiger partial charge in [0.15, 0.2) is 5.65 Å². The van der Waals surface area contributed by atoms with Gasteiger partial charge in [0.05, 0.1) is 6.04 Å². The lowest BCUT2D eigenvalue weighted by Gasteiger charge is -2.14. The minimum absolute atomic E-state index is 0.290. The predicted molar refractivity (Wildman–Crippen MR) is 83.3 cm³/mol. The van der Waals surface area contributed by atoms with Crippen molar-refractivity contribution in [3.63, 3.8) is 0 Å². The Hall–Kier alpha value is -1.88. The average molecular weight is 286 g/mol. The van der Waals surface area contributed by atoms with E-state index in [2.05, 4.69) is 39.8 Å². The lowest BCUT2D eigenvalue weighted by Crippen LogP contribution is -2.10. The molecule has 3 aromatic rings. The summed E-state index contributed by atoms with van der Waals surface area (Å²) in [5.74, 6) is 0.700. The summed E-state index contributed by atoms with van der Waals surface area (Å²) >= 11 is 1.78. The van der Waals surface area contributed by atoms with Crippen LogP contribution in [0, 0.1) is 6.92 Å². The largest absolute Gasteiger partial charge is 0.345 e. The number of nitrogens with one attached hydrogen (secondary N) is 1. The molecule has 3 aromatic heterocycles. The third-order valence-electron chi connectivity index (χ3n) is 3.32. The van der Waals surface area contributed by atoms with E-state index in [1.807, 2.05) is 29.6 Å². The predicted octanol–water partition coefficient (Wildman–Crippen LogP) is 4.05. The molecule has 0 aromatic carbocycles. The van der Waals surface area contributed by atoms with Crippen molar-refractivity contribution in [3.05, 3.63) is 46.3 Å². The Balaban J connectivity index is 1.88. The fourth-order valence-corrected chi connectivity index (χ4v) is 3.13. The SMILES string of the molecule is CCCC(Nc1nc2cccc(C)n2n1)c1cccs1. The average Bonchev–Trinajstić information content (AvgIpc) is 3.07. The number of nitrogens with zero attached hydrogens (tertiary/aromatic N) is 3. The fourth-order valence-electron chi connectivity index (χ4n) is 2.32. The summed E-state index contributed by atoms with van der Waals surface area (Å²) in [6, 6.07) is 10.6. The summed E-state index contributed by atoms with van der Waals surface area (Å²) < 4.78 is 1.87. The first kappa shape index (κ1) is 13.1. The molecule has 1 unspecified atom stereocenters. The van der Waals surface area contributed by atoms with Gasteiger partial charge in [-0.15, -0.1) is 16.4 Å². The quantitative estimate of drug-likeness (QED) is 0.769. The van der Waals surface area contributed by atoms with E-state index >= 15 is 0 Å². The van der Waals surface area contributed by atoms with E-state index in [0.29, 0.717) is 5.95 Å². The van der Waals surface area contributed by atoms with E-state index in [4.69, 9.17) is 0 Å². The first-order valence-corrected chi connectivity index (χ1v) is 7.78. The monoisotopic (exact) mass is 286 g/mol. The number of rotatable bonds is 5. The van der Waals surface area contributed by atoms with Gasteiger partial charge in [-0.2, -0.15) is 4.98 Å². The van der Waals surface area contributed by atoms with Gasteiger partial charge in [-0.3, -0.25) is 0 Å². The van der Waals surface area contributed by atoms with Crippen LogP contribution in [0.5, 0.6) is 0 Å². The van der Waals surface area contributed by atoms with Crippen molar-refractivity contribution in [2.45, 2.75) is 32.7 Å². The van der Waals surface area contributed by atoms with Crippen LogP contribution in [0.1, 0.15) is 36.4 Å². The molecule has 3 heterocycles. The van der Waals surface area contributed by atoms with Crippen LogP contribution in [0.2, 0.25) is 0 Å². The molecule has 0 aliphatic carbocycles. The number of aryl methyl sites for hydroxylation is 1. The second-order valence-electron chi connectivity index (χ2n) is 4.87. The Morgan fingerprint density at radius 1 is 1.30 bits per heavy atom. The Morgan fingerprint density at radius 2 is 2.20 bits per heavy atom. The fraction of sp³-hybridized carbons (Fsp3) is 0.333. The Kier molecular flexibility index (Phi) is 3.69. The van der Waals surface area contributed by atoms with E-state index < -0.39 is 0 Å². The van der Waals surface area contributed by atoms with Gasteiger partial charge >= 0.3 is 0 Å². The zero-order valence-electron chi connectivity index (χ0n) is 11.7. The van der Waals surface area contributed by atoms with Gasteiger partial charge in [-0.1, -0.05) is 25.5 Å². The van der Waals surface area contributed by atoms with Crippen molar-refractivity contribution in [1.82, 2.24) is 14.6 Å². The second kappa shape index (κ2) is 5.63. The molecule has 0 saturated carbocycles. The van der Waals surface area contributed by atoms with Gasteiger partial charge in [-0.25, -0.2) is 4.52 Å². The number of thiophene rings is 1. The highest BCUT2D eigenvalue weighted by atomic mass is 32.1. The van der Waals surface area contributed by atoms with E-state index in [-0.39, 0.29) is 6.04 Å². The van der Waals surface area contributed by atoms with E-state index in [1.165, 1.54) is 4.88 Å². The number of hydrogen-bond acceptors (Lipinski definition) is 4. The molecule has 1 atom stereocenters. The summed E-state index contributed by atoms with van der Waals surface area (Å²) in [5, 5.41) is 10.1. The van der Waals surface area contributed by atoms with Crippen LogP contribution in [-0.2, 0) is 0 Å². The van der Waals surface area contributed by atoms with Crippen LogP contribution in [0.3, 0.4) is 0 Å². The van der Waals surface area contributed by atoms with Gasteiger partial charge in [0.1, 0.15) is 0 Å². The van der Waals surface area contributed by atoms with Gasteiger partial charge in [0.2, 0.25) is 5.95 Å². The van der Waals surface area contributed by atoms with Crippen LogP contribution in [0.25, 0.3) is 5.65 Å². The Morgan fingerprint density at radius 3 is 2.90 bits per heavy atom. The molecule has 104 valence electrons. The van der Waals surface area contributed by atoms with Crippen molar-refractivity contribution in [2.24, 2.45) is 0 Å². The maximum absolute atomic E-state index is 4.55. The first-order valence-electron chi connectivity index (χ1n) is 6.90. The number of pyridine rings is 1. The number of hydrogen-bond donors (Lipinski definition) is 1. The van der Waals surface area contributed by atoms with Gasteiger partial charge < -0.3 is 5.32 Å². The van der Waals surface area contributed by atoms with Crippen LogP contribution in [0.15, 0.2) is 35.7 Å². The molecule has 20 heavy (non-hydrogen) atoms. The molecule has 0 saturated heterocycles. The summed E-state index contributed by atoms with van der Waals surface area (Å²) in [7, 11) is 0. The van der Waals surface area contributed by atoms with Gasteiger partial charge in [-0.05, 0) is 36.9 Å². The van der Waals surface area contributed by atoms with Crippen molar-refractivity contribution >= 4 is 22.9 Å². The topological polar surface area (TPSA) is 42.2 Å². The number of anilines is 1. The molecular formula is C15H18N4S. The normalized spacial score (nSPS) is 12.7. The molecule has 0 bridgehead atoms. The van der Waals surface area contributed by atoms with Crippen LogP contribution >= 0.6 is 11.3 Å². The Labute approximate surface area is 122 Å². The Bertz CT molecular complexity index is 687. The molecule has 0 amide bonds. The van der Waals surface area contributed by atoms with E-state index in [0.717, 1.165) is 24.2 Å². The minimum atomic E-state index is 0.290. The summed E-state index contributed by atoms with van der Waals surface area (Å²) in [6.45, 7) is 4.23. The highest BCUT2D eigenvalue weighted by molar-refractivity contribution is 7.10. The lowest BCUT2D eigenvalue weighted by atomic mass is 10.1. The number of aromatic nitrogens is 3. The maximum Gasteiger partial charge on any atom is 0.243 e.